The Balaban J connectivity index is 2.31. The topological polar surface area (TPSA) is 51.2 Å². The minimum Gasteiger partial charge on any atom is -0.449 e. The van der Waals surface area contributed by atoms with Gasteiger partial charge in [-0.15, -0.1) is 11.3 Å². The minimum absolute atomic E-state index is 0.364. The number of hydrogen-bond donors (Lipinski definition) is 1. The van der Waals surface area contributed by atoms with Gasteiger partial charge in [-0.1, -0.05) is 20.8 Å². The number of nitrogens with one attached hydrogen (secondary N) is 1. The zero-order valence-corrected chi connectivity index (χ0v) is 10.9. The van der Waals surface area contributed by atoms with E-state index >= 15 is 0 Å². The zero-order valence-electron chi connectivity index (χ0n) is 10.1. The summed E-state index contributed by atoms with van der Waals surface area (Å²) in [7, 11) is 0. The molecule has 0 aliphatic rings. The normalized spacial score (nSPS) is 12.6. The van der Waals surface area contributed by atoms with Gasteiger partial charge in [0.2, 0.25) is 0 Å². The first kappa shape index (κ1) is 13.0. The standard InChI is InChI=1S/C11H18N2O2S/c1-7(2)8(3)5-15-11(14)13-10-6-16-9(4)12-10/h6-8H,5H2,1-4H3,(H,13,14)/t8-/m0/s1. The summed E-state index contributed by atoms with van der Waals surface area (Å²) >= 11 is 1.49. The summed E-state index contributed by atoms with van der Waals surface area (Å²) in [4.78, 5) is 15.5. The van der Waals surface area contributed by atoms with E-state index in [-0.39, 0.29) is 0 Å². The predicted octanol–water partition coefficient (Wildman–Crippen LogP) is 3.29. The van der Waals surface area contributed by atoms with E-state index in [0.717, 1.165) is 5.01 Å². The maximum Gasteiger partial charge on any atom is 0.412 e. The van der Waals surface area contributed by atoms with Gasteiger partial charge >= 0.3 is 6.09 Å². The first-order chi connectivity index (χ1) is 7.49. The number of aryl methyl sites for hydroxylation is 1. The van der Waals surface area contributed by atoms with E-state index in [1.807, 2.05) is 6.92 Å². The molecule has 16 heavy (non-hydrogen) atoms. The molecule has 0 bridgehead atoms. The zero-order chi connectivity index (χ0) is 12.1. The second-order valence-corrected chi connectivity index (χ2v) is 5.26. The summed E-state index contributed by atoms with van der Waals surface area (Å²) in [6, 6.07) is 0. The van der Waals surface area contributed by atoms with Gasteiger partial charge in [-0.3, -0.25) is 5.32 Å². The lowest BCUT2D eigenvalue weighted by Crippen LogP contribution is -2.20. The molecule has 1 heterocycles. The van der Waals surface area contributed by atoms with Crippen LogP contribution in [0.25, 0.3) is 0 Å². The Bertz CT molecular complexity index is 350. The van der Waals surface area contributed by atoms with Crippen LogP contribution in [0.15, 0.2) is 5.38 Å². The number of amides is 1. The number of aromatic nitrogens is 1. The van der Waals surface area contributed by atoms with Crippen LogP contribution in [0.1, 0.15) is 25.8 Å². The fraction of sp³-hybridized carbons (Fsp3) is 0.636. The molecule has 1 aromatic heterocycles. The van der Waals surface area contributed by atoms with Gasteiger partial charge < -0.3 is 4.74 Å². The van der Waals surface area contributed by atoms with Gasteiger partial charge in [0.05, 0.1) is 11.6 Å². The summed E-state index contributed by atoms with van der Waals surface area (Å²) in [6.45, 7) is 8.60. The third-order valence-corrected chi connectivity index (χ3v) is 3.24. The monoisotopic (exact) mass is 242 g/mol. The SMILES string of the molecule is Cc1nc(NC(=O)OC[C@H](C)C(C)C)cs1. The molecule has 0 radical (unpaired) electrons. The van der Waals surface area contributed by atoms with Crippen LogP contribution in [0, 0.1) is 18.8 Å². The lowest BCUT2D eigenvalue weighted by Gasteiger charge is -2.15. The Morgan fingerprint density at radius 2 is 2.25 bits per heavy atom. The summed E-state index contributed by atoms with van der Waals surface area (Å²) in [5.74, 6) is 1.43. The number of carbonyl (C=O) groups excluding carboxylic acids is 1. The molecule has 4 nitrogen and oxygen atoms in total. The van der Waals surface area contributed by atoms with Gasteiger partial charge in [0.1, 0.15) is 5.82 Å². The molecule has 1 atom stereocenters. The Hall–Kier alpha value is -1.10. The number of carbonyl (C=O) groups is 1. The molecule has 1 amide bonds. The van der Waals surface area contributed by atoms with E-state index in [2.05, 4.69) is 31.1 Å². The highest BCUT2D eigenvalue weighted by Gasteiger charge is 2.11. The van der Waals surface area contributed by atoms with Crippen molar-refractivity contribution in [3.05, 3.63) is 10.4 Å². The molecule has 5 heteroatoms. The van der Waals surface area contributed by atoms with Crippen molar-refractivity contribution in [1.29, 1.82) is 0 Å². The van der Waals surface area contributed by atoms with E-state index in [1.54, 1.807) is 5.38 Å². The number of ether oxygens (including phenoxy) is 1. The van der Waals surface area contributed by atoms with E-state index in [1.165, 1.54) is 11.3 Å². The molecular weight excluding hydrogens is 224 g/mol. The van der Waals surface area contributed by atoms with Crippen molar-refractivity contribution in [2.45, 2.75) is 27.7 Å². The average Bonchev–Trinajstić information content (AvgIpc) is 2.60. The molecule has 0 unspecified atom stereocenters. The fourth-order valence-electron chi connectivity index (χ4n) is 0.961. The van der Waals surface area contributed by atoms with E-state index in [4.69, 9.17) is 4.74 Å². The quantitative estimate of drug-likeness (QED) is 0.881. The molecule has 1 aromatic rings. The number of thiazole rings is 1. The largest absolute Gasteiger partial charge is 0.449 e. The third-order valence-electron chi connectivity index (χ3n) is 2.46. The van der Waals surface area contributed by atoms with Crippen LogP contribution in [0.5, 0.6) is 0 Å². The highest BCUT2D eigenvalue weighted by molar-refractivity contribution is 7.09. The van der Waals surface area contributed by atoms with Crippen molar-refractivity contribution in [3.8, 4) is 0 Å². The summed E-state index contributed by atoms with van der Waals surface area (Å²) < 4.78 is 5.09. The van der Waals surface area contributed by atoms with Crippen LogP contribution >= 0.6 is 11.3 Å². The fourth-order valence-corrected chi connectivity index (χ4v) is 1.51. The van der Waals surface area contributed by atoms with Crippen LogP contribution in [0.4, 0.5) is 10.6 Å². The summed E-state index contributed by atoms with van der Waals surface area (Å²) in [5.41, 5.74) is 0. The molecule has 90 valence electrons. The number of rotatable bonds is 4. The minimum atomic E-state index is -0.433. The molecule has 0 saturated carbocycles. The second kappa shape index (κ2) is 5.84. The molecular formula is C11H18N2O2S. The Morgan fingerprint density at radius 3 is 2.75 bits per heavy atom. The number of anilines is 1. The van der Waals surface area contributed by atoms with Crippen molar-refractivity contribution in [2.75, 3.05) is 11.9 Å². The van der Waals surface area contributed by atoms with Crippen LogP contribution in [0.2, 0.25) is 0 Å². The van der Waals surface area contributed by atoms with Crippen LogP contribution in [-0.2, 0) is 4.74 Å². The predicted molar refractivity (Wildman–Crippen MR) is 65.8 cm³/mol. The first-order valence-corrected chi connectivity index (χ1v) is 6.23. The summed E-state index contributed by atoms with van der Waals surface area (Å²) in [6.07, 6.45) is -0.433. The van der Waals surface area contributed by atoms with Crippen molar-refractivity contribution < 1.29 is 9.53 Å². The molecule has 0 saturated heterocycles. The lowest BCUT2D eigenvalue weighted by molar-refractivity contribution is 0.133. The van der Waals surface area contributed by atoms with Gasteiger partial charge in [-0.2, -0.15) is 0 Å². The molecule has 1 N–H and O–H groups in total. The second-order valence-electron chi connectivity index (χ2n) is 4.20. The van der Waals surface area contributed by atoms with E-state index < -0.39 is 6.09 Å². The van der Waals surface area contributed by atoms with Gasteiger partial charge in [0.15, 0.2) is 0 Å². The molecule has 0 spiro atoms. The lowest BCUT2D eigenvalue weighted by atomic mass is 10.00. The maximum absolute atomic E-state index is 11.4. The number of nitrogens with zero attached hydrogens (tertiary/aromatic N) is 1. The summed E-state index contributed by atoms with van der Waals surface area (Å²) in [5, 5.41) is 5.31. The van der Waals surface area contributed by atoms with E-state index in [0.29, 0.717) is 24.3 Å². The smallest absolute Gasteiger partial charge is 0.412 e. The van der Waals surface area contributed by atoms with Crippen LogP contribution in [0.3, 0.4) is 0 Å². The molecule has 1 rings (SSSR count). The van der Waals surface area contributed by atoms with Crippen molar-refractivity contribution in [3.63, 3.8) is 0 Å². The Morgan fingerprint density at radius 1 is 1.56 bits per heavy atom. The average molecular weight is 242 g/mol. The molecule has 0 fully saturated rings. The number of hydrogen-bond acceptors (Lipinski definition) is 4. The Kier molecular flexibility index (Phi) is 4.73. The van der Waals surface area contributed by atoms with Gasteiger partial charge in [0.25, 0.3) is 0 Å². The van der Waals surface area contributed by atoms with Crippen molar-refractivity contribution in [1.82, 2.24) is 4.98 Å². The van der Waals surface area contributed by atoms with Crippen molar-refractivity contribution in [2.24, 2.45) is 11.8 Å². The van der Waals surface area contributed by atoms with Crippen LogP contribution < -0.4 is 5.32 Å². The third kappa shape index (κ3) is 4.18. The highest BCUT2D eigenvalue weighted by atomic mass is 32.1. The highest BCUT2D eigenvalue weighted by Crippen LogP contribution is 2.13. The van der Waals surface area contributed by atoms with Gasteiger partial charge in [-0.25, -0.2) is 9.78 Å². The molecule has 0 aliphatic carbocycles. The van der Waals surface area contributed by atoms with E-state index in [9.17, 15) is 4.79 Å². The van der Waals surface area contributed by atoms with Gasteiger partial charge in [-0.05, 0) is 18.8 Å². The maximum atomic E-state index is 11.4. The van der Waals surface area contributed by atoms with Crippen LogP contribution in [-0.4, -0.2) is 17.7 Å². The first-order valence-electron chi connectivity index (χ1n) is 5.35. The molecule has 0 aliphatic heterocycles. The van der Waals surface area contributed by atoms with Gasteiger partial charge in [0, 0.05) is 5.38 Å². The Labute approximate surface area is 100 Å². The van der Waals surface area contributed by atoms with Crippen molar-refractivity contribution >= 4 is 23.2 Å². The molecule has 0 aromatic carbocycles.